The van der Waals surface area contributed by atoms with E-state index in [1.165, 1.54) is 0 Å². The second-order valence-electron chi connectivity index (χ2n) is 5.78. The molecule has 20 heavy (non-hydrogen) atoms. The quantitative estimate of drug-likeness (QED) is 0.658. The Morgan fingerprint density at radius 2 is 2.10 bits per heavy atom. The van der Waals surface area contributed by atoms with Crippen LogP contribution in [0.5, 0.6) is 0 Å². The molecule has 0 bridgehead atoms. The van der Waals surface area contributed by atoms with E-state index in [1.54, 1.807) is 4.90 Å². The van der Waals surface area contributed by atoms with E-state index < -0.39 is 5.97 Å². The summed E-state index contributed by atoms with van der Waals surface area (Å²) in [5, 5.41) is 11.6. The lowest BCUT2D eigenvalue weighted by Crippen LogP contribution is -2.39. The lowest BCUT2D eigenvalue weighted by Gasteiger charge is -2.17. The van der Waals surface area contributed by atoms with Gasteiger partial charge in [-0.15, -0.1) is 0 Å². The van der Waals surface area contributed by atoms with Crippen molar-refractivity contribution in [3.8, 4) is 0 Å². The number of unbranched alkanes of at least 4 members (excludes halogenated alkanes) is 1. The zero-order valence-corrected chi connectivity index (χ0v) is 12.6. The van der Waals surface area contributed by atoms with Crippen molar-refractivity contribution in [3.05, 3.63) is 0 Å². The van der Waals surface area contributed by atoms with Gasteiger partial charge in [-0.3, -0.25) is 4.79 Å². The molecule has 2 N–H and O–H groups in total. The predicted molar refractivity (Wildman–Crippen MR) is 77.7 cm³/mol. The first-order chi connectivity index (χ1) is 9.49. The highest BCUT2D eigenvalue weighted by Crippen LogP contribution is 2.20. The number of carboxylic acids is 1. The summed E-state index contributed by atoms with van der Waals surface area (Å²) >= 11 is 0. The molecule has 1 aliphatic heterocycles. The molecule has 0 radical (unpaired) electrons. The first kappa shape index (κ1) is 16.8. The maximum Gasteiger partial charge on any atom is 0.317 e. The van der Waals surface area contributed by atoms with Gasteiger partial charge in [0.2, 0.25) is 0 Å². The van der Waals surface area contributed by atoms with Crippen LogP contribution in [0, 0.1) is 5.92 Å². The smallest absolute Gasteiger partial charge is 0.317 e. The third-order valence-electron chi connectivity index (χ3n) is 3.65. The Kier molecular flexibility index (Phi) is 7.36. The maximum atomic E-state index is 11.9. The van der Waals surface area contributed by atoms with Gasteiger partial charge >= 0.3 is 12.0 Å². The van der Waals surface area contributed by atoms with E-state index in [4.69, 9.17) is 5.11 Å². The van der Waals surface area contributed by atoms with Gasteiger partial charge in [0.15, 0.2) is 0 Å². The minimum atomic E-state index is -0.756. The Balaban J connectivity index is 2.10. The van der Waals surface area contributed by atoms with Crippen molar-refractivity contribution < 1.29 is 14.7 Å². The molecule has 0 aliphatic carbocycles. The van der Waals surface area contributed by atoms with Crippen LogP contribution in [-0.4, -0.2) is 67.2 Å². The van der Waals surface area contributed by atoms with Crippen LogP contribution in [0.3, 0.4) is 0 Å². The molecular weight excluding hydrogens is 258 g/mol. The molecule has 0 aromatic carbocycles. The van der Waals surface area contributed by atoms with Gasteiger partial charge in [0, 0.05) is 26.1 Å². The molecule has 6 nitrogen and oxygen atoms in total. The number of nitrogens with zero attached hydrogens (tertiary/aromatic N) is 2. The third kappa shape index (κ3) is 6.75. The Morgan fingerprint density at radius 1 is 1.35 bits per heavy atom. The lowest BCUT2D eigenvalue weighted by atomic mass is 10.0. The molecule has 0 saturated carbocycles. The molecule has 1 saturated heterocycles. The summed E-state index contributed by atoms with van der Waals surface area (Å²) in [6.45, 7) is 3.18. The Morgan fingerprint density at radius 3 is 2.75 bits per heavy atom. The molecule has 2 amide bonds. The summed E-state index contributed by atoms with van der Waals surface area (Å²) in [4.78, 5) is 26.4. The summed E-state index contributed by atoms with van der Waals surface area (Å²) in [6.07, 6.45) is 3.85. The zero-order chi connectivity index (χ0) is 15.0. The number of urea groups is 1. The maximum absolute atomic E-state index is 11.9. The van der Waals surface area contributed by atoms with Crippen LogP contribution >= 0.6 is 0 Å². The molecule has 0 spiro atoms. The topological polar surface area (TPSA) is 72.9 Å². The highest BCUT2D eigenvalue weighted by molar-refractivity contribution is 5.74. The summed E-state index contributed by atoms with van der Waals surface area (Å²) < 4.78 is 0. The van der Waals surface area contributed by atoms with Crippen LogP contribution in [0.2, 0.25) is 0 Å². The summed E-state index contributed by atoms with van der Waals surface area (Å²) in [5.74, 6) is -0.417. The van der Waals surface area contributed by atoms with Crippen molar-refractivity contribution in [2.75, 3.05) is 40.3 Å². The normalized spacial score (nSPS) is 18.6. The van der Waals surface area contributed by atoms with Crippen LogP contribution in [-0.2, 0) is 4.79 Å². The summed E-state index contributed by atoms with van der Waals surface area (Å²) in [7, 11) is 4.08. The molecule has 1 heterocycles. The number of likely N-dealkylation sites (tertiary alicyclic amines) is 1. The fourth-order valence-electron chi connectivity index (χ4n) is 2.44. The first-order valence-corrected chi connectivity index (χ1v) is 7.38. The van der Waals surface area contributed by atoms with E-state index in [9.17, 15) is 9.59 Å². The van der Waals surface area contributed by atoms with Gasteiger partial charge in [-0.2, -0.15) is 0 Å². The Bertz CT molecular complexity index is 321. The minimum absolute atomic E-state index is 0.00678. The van der Waals surface area contributed by atoms with Crippen LogP contribution < -0.4 is 5.32 Å². The standard InChI is InChI=1S/C14H27N3O3/c1-16(2)9-4-3-8-15-14(20)17-10-7-12(11-17)5-6-13(18)19/h12H,3-11H2,1-2H3,(H,15,20)(H,18,19). The fourth-order valence-corrected chi connectivity index (χ4v) is 2.44. The van der Waals surface area contributed by atoms with Gasteiger partial charge in [0.1, 0.15) is 0 Å². The van der Waals surface area contributed by atoms with Crippen molar-refractivity contribution in [1.82, 2.24) is 15.1 Å². The van der Waals surface area contributed by atoms with Gasteiger partial charge in [0.05, 0.1) is 0 Å². The summed E-state index contributed by atoms with van der Waals surface area (Å²) in [6, 6.07) is -0.00678. The Hall–Kier alpha value is -1.30. The van der Waals surface area contributed by atoms with Crippen LogP contribution in [0.1, 0.15) is 32.1 Å². The molecule has 1 aliphatic rings. The molecule has 1 fully saturated rings. The number of hydrogen-bond acceptors (Lipinski definition) is 3. The highest BCUT2D eigenvalue weighted by atomic mass is 16.4. The number of hydrogen-bond donors (Lipinski definition) is 2. The summed E-state index contributed by atoms with van der Waals surface area (Å²) in [5.41, 5.74) is 0. The minimum Gasteiger partial charge on any atom is -0.481 e. The number of carboxylic acid groups (broad SMARTS) is 1. The van der Waals surface area contributed by atoms with Crippen LogP contribution in [0.4, 0.5) is 4.79 Å². The number of carbonyl (C=O) groups excluding carboxylic acids is 1. The molecule has 1 rings (SSSR count). The number of carbonyl (C=O) groups is 2. The molecule has 1 unspecified atom stereocenters. The van der Waals surface area contributed by atoms with Crippen LogP contribution in [0.25, 0.3) is 0 Å². The second-order valence-corrected chi connectivity index (χ2v) is 5.78. The van der Waals surface area contributed by atoms with Crippen molar-refractivity contribution in [3.63, 3.8) is 0 Å². The molecule has 116 valence electrons. The van der Waals surface area contributed by atoms with Crippen molar-refractivity contribution >= 4 is 12.0 Å². The van der Waals surface area contributed by atoms with Gasteiger partial charge in [0.25, 0.3) is 0 Å². The van der Waals surface area contributed by atoms with Gasteiger partial charge in [-0.05, 0) is 52.2 Å². The van der Waals surface area contributed by atoms with E-state index >= 15 is 0 Å². The average Bonchev–Trinajstić information content (AvgIpc) is 2.84. The molecule has 0 aromatic rings. The number of aliphatic carboxylic acids is 1. The van der Waals surface area contributed by atoms with Gasteiger partial charge in [-0.25, -0.2) is 4.79 Å². The van der Waals surface area contributed by atoms with Gasteiger partial charge in [-0.1, -0.05) is 0 Å². The van der Waals surface area contributed by atoms with Crippen molar-refractivity contribution in [2.24, 2.45) is 5.92 Å². The molecule has 6 heteroatoms. The molecule has 1 atom stereocenters. The predicted octanol–water partition coefficient (Wildman–Crippen LogP) is 1.22. The molecule has 0 aromatic heterocycles. The average molecular weight is 285 g/mol. The second kappa shape index (κ2) is 8.79. The van der Waals surface area contributed by atoms with E-state index in [2.05, 4.69) is 10.2 Å². The van der Waals surface area contributed by atoms with Crippen molar-refractivity contribution in [1.29, 1.82) is 0 Å². The highest BCUT2D eigenvalue weighted by Gasteiger charge is 2.26. The first-order valence-electron chi connectivity index (χ1n) is 7.38. The van der Waals surface area contributed by atoms with Crippen LogP contribution in [0.15, 0.2) is 0 Å². The Labute approximate surface area is 121 Å². The fraction of sp³-hybridized carbons (Fsp3) is 0.857. The van der Waals surface area contributed by atoms with E-state index in [0.29, 0.717) is 25.4 Å². The number of rotatable bonds is 8. The third-order valence-corrected chi connectivity index (χ3v) is 3.65. The van der Waals surface area contributed by atoms with Gasteiger partial charge < -0.3 is 20.2 Å². The van der Waals surface area contributed by atoms with E-state index in [1.807, 2.05) is 14.1 Å². The molecular formula is C14H27N3O3. The SMILES string of the molecule is CN(C)CCCCNC(=O)N1CCC(CCC(=O)O)C1. The van der Waals surface area contributed by atoms with Crippen molar-refractivity contribution in [2.45, 2.75) is 32.1 Å². The largest absolute Gasteiger partial charge is 0.481 e. The van der Waals surface area contributed by atoms with E-state index in [-0.39, 0.29) is 12.5 Å². The zero-order valence-electron chi connectivity index (χ0n) is 12.6. The number of amides is 2. The number of nitrogens with one attached hydrogen (secondary N) is 1. The lowest BCUT2D eigenvalue weighted by molar-refractivity contribution is -0.137. The monoisotopic (exact) mass is 285 g/mol. The van der Waals surface area contributed by atoms with E-state index in [0.717, 1.165) is 32.4 Å².